The van der Waals surface area contributed by atoms with E-state index in [1.165, 1.54) is 0 Å². The van der Waals surface area contributed by atoms with Gasteiger partial charge in [-0.2, -0.15) is 0 Å². The number of rotatable bonds is 10. The summed E-state index contributed by atoms with van der Waals surface area (Å²) >= 11 is 0. The summed E-state index contributed by atoms with van der Waals surface area (Å²) in [5.74, 6) is 2.09. The molecule has 0 heterocycles. The highest BCUT2D eigenvalue weighted by molar-refractivity contribution is 5.92. The maximum Gasteiger partial charge on any atom is 0.408 e. The number of hydrogen-bond donors (Lipinski definition) is 2. The van der Waals surface area contributed by atoms with Crippen LogP contribution in [0.15, 0.2) is 24.3 Å². The van der Waals surface area contributed by atoms with Crippen LogP contribution in [0.3, 0.4) is 0 Å². The third-order valence-corrected chi connectivity index (χ3v) is 4.83. The minimum absolute atomic E-state index is 0.107. The van der Waals surface area contributed by atoms with Gasteiger partial charge in [0.25, 0.3) is 0 Å². The molecule has 0 spiro atoms. The van der Waals surface area contributed by atoms with Gasteiger partial charge in [-0.25, -0.2) is 4.79 Å². The van der Waals surface area contributed by atoms with Crippen LogP contribution in [0.1, 0.15) is 85.4 Å². The van der Waals surface area contributed by atoms with Crippen molar-refractivity contribution < 1.29 is 19.1 Å². The highest BCUT2D eigenvalue weighted by Crippen LogP contribution is 2.25. The van der Waals surface area contributed by atoms with Crippen molar-refractivity contribution in [1.82, 2.24) is 15.5 Å². The summed E-state index contributed by atoms with van der Waals surface area (Å²) in [5, 5.41) is 5.67. The monoisotopic (exact) mass is 471 g/mol. The Morgan fingerprint density at radius 2 is 1.65 bits per heavy atom. The maximum atomic E-state index is 13.8. The van der Waals surface area contributed by atoms with Gasteiger partial charge in [0.1, 0.15) is 17.7 Å². The van der Waals surface area contributed by atoms with E-state index in [4.69, 9.17) is 11.2 Å². The van der Waals surface area contributed by atoms with Gasteiger partial charge in [0.2, 0.25) is 11.8 Å². The van der Waals surface area contributed by atoms with Gasteiger partial charge >= 0.3 is 6.09 Å². The third-order valence-electron chi connectivity index (χ3n) is 4.83. The van der Waals surface area contributed by atoms with Crippen molar-refractivity contribution in [3.05, 3.63) is 35.4 Å². The molecule has 0 bridgehead atoms. The molecule has 3 amide bonds. The highest BCUT2D eigenvalue weighted by atomic mass is 16.6. The number of amides is 3. The van der Waals surface area contributed by atoms with Crippen molar-refractivity contribution in [2.45, 2.75) is 92.0 Å². The van der Waals surface area contributed by atoms with E-state index in [1.54, 1.807) is 49.9 Å². The predicted molar refractivity (Wildman–Crippen MR) is 135 cm³/mol. The van der Waals surface area contributed by atoms with E-state index in [0.29, 0.717) is 30.5 Å². The van der Waals surface area contributed by atoms with E-state index in [1.807, 2.05) is 34.6 Å². The Hall–Kier alpha value is -3.01. The van der Waals surface area contributed by atoms with Crippen LogP contribution in [0.4, 0.5) is 4.79 Å². The summed E-state index contributed by atoms with van der Waals surface area (Å²) in [7, 11) is 0. The number of carbonyl (C=O) groups is 3. The van der Waals surface area contributed by atoms with Crippen LogP contribution in [0.25, 0.3) is 0 Å². The quantitative estimate of drug-likeness (QED) is 0.495. The van der Waals surface area contributed by atoms with E-state index in [2.05, 4.69) is 16.6 Å². The van der Waals surface area contributed by atoms with Crippen molar-refractivity contribution >= 4 is 17.9 Å². The average molecular weight is 472 g/mol. The van der Waals surface area contributed by atoms with Gasteiger partial charge in [-0.1, -0.05) is 38.8 Å². The van der Waals surface area contributed by atoms with Crippen molar-refractivity contribution in [2.24, 2.45) is 5.92 Å². The summed E-state index contributed by atoms with van der Waals surface area (Å²) in [5.41, 5.74) is 0.640. The molecule has 1 rings (SSSR count). The largest absolute Gasteiger partial charge is 0.444 e. The molecule has 2 N–H and O–H groups in total. The summed E-state index contributed by atoms with van der Waals surface area (Å²) in [6.45, 7) is 15.3. The Kier molecular flexibility index (Phi) is 11.1. The van der Waals surface area contributed by atoms with Gasteiger partial charge in [-0.05, 0) is 71.1 Å². The minimum atomic E-state index is -0.864. The molecule has 34 heavy (non-hydrogen) atoms. The normalized spacial score (nSPS) is 13.1. The lowest BCUT2D eigenvalue weighted by Crippen LogP contribution is -2.54. The zero-order valence-electron chi connectivity index (χ0n) is 21.9. The van der Waals surface area contributed by atoms with Gasteiger partial charge in [0.15, 0.2) is 0 Å². The molecular weight excluding hydrogens is 430 g/mol. The first-order chi connectivity index (χ1) is 15.8. The second-order valence-corrected chi connectivity index (χ2v) is 10.2. The number of ether oxygens (including phenoxy) is 1. The van der Waals surface area contributed by atoms with Crippen LogP contribution < -0.4 is 10.6 Å². The number of hydrogen-bond acceptors (Lipinski definition) is 4. The number of terminal acetylenes is 1. The molecule has 0 radical (unpaired) electrons. The second kappa shape index (κ2) is 13.0. The van der Waals surface area contributed by atoms with Crippen molar-refractivity contribution in [3.63, 3.8) is 0 Å². The van der Waals surface area contributed by atoms with Crippen LogP contribution in [-0.2, 0) is 14.3 Å². The first-order valence-electron chi connectivity index (χ1n) is 12.0. The molecule has 0 saturated carbocycles. The molecule has 1 aromatic carbocycles. The smallest absolute Gasteiger partial charge is 0.408 e. The van der Waals surface area contributed by atoms with Crippen LogP contribution in [0.2, 0.25) is 0 Å². The number of nitrogens with zero attached hydrogens (tertiary/aromatic N) is 1. The fraction of sp³-hybridized carbons (Fsp3) is 0.593. The van der Waals surface area contributed by atoms with Crippen LogP contribution in [0, 0.1) is 18.3 Å². The Morgan fingerprint density at radius 1 is 1.06 bits per heavy atom. The van der Waals surface area contributed by atoms with E-state index < -0.39 is 23.8 Å². The van der Waals surface area contributed by atoms with Crippen LogP contribution in [0.5, 0.6) is 0 Å². The third kappa shape index (κ3) is 9.46. The molecule has 0 aliphatic rings. The molecule has 0 fully saturated rings. The predicted octanol–water partition coefficient (Wildman–Crippen LogP) is 4.41. The van der Waals surface area contributed by atoms with Crippen LogP contribution in [-0.4, -0.2) is 47.0 Å². The Balaban J connectivity index is 3.42. The number of alkyl carbamates (subject to hydrolysis) is 1. The summed E-state index contributed by atoms with van der Waals surface area (Å²) in [4.78, 5) is 41.2. The van der Waals surface area contributed by atoms with E-state index in [9.17, 15) is 14.4 Å². The lowest BCUT2D eigenvalue weighted by molar-refractivity contribution is -0.143. The summed E-state index contributed by atoms with van der Waals surface area (Å²) in [6.07, 6.45) is 5.87. The van der Waals surface area contributed by atoms with Gasteiger partial charge in [0, 0.05) is 18.2 Å². The zero-order chi connectivity index (χ0) is 26.1. The maximum absolute atomic E-state index is 13.8. The Bertz CT molecular complexity index is 863. The van der Waals surface area contributed by atoms with Gasteiger partial charge in [-0.3, -0.25) is 9.59 Å². The molecular formula is C27H41N3O4. The van der Waals surface area contributed by atoms with Gasteiger partial charge in [-0.15, -0.1) is 6.42 Å². The molecule has 7 heteroatoms. The molecule has 1 aromatic rings. The molecule has 2 atom stereocenters. The lowest BCUT2D eigenvalue weighted by Gasteiger charge is -2.35. The van der Waals surface area contributed by atoms with Gasteiger partial charge in [0.05, 0.1) is 0 Å². The van der Waals surface area contributed by atoms with Gasteiger partial charge < -0.3 is 20.3 Å². The first kappa shape index (κ1) is 29.0. The molecule has 7 nitrogen and oxygen atoms in total. The Morgan fingerprint density at radius 3 is 2.09 bits per heavy atom. The van der Waals surface area contributed by atoms with Crippen molar-refractivity contribution in [1.29, 1.82) is 0 Å². The van der Waals surface area contributed by atoms with Crippen LogP contribution >= 0.6 is 0 Å². The fourth-order valence-electron chi connectivity index (χ4n) is 3.55. The second-order valence-electron chi connectivity index (χ2n) is 10.2. The standard InChI is InChI=1S/C27H41N3O4/c1-10-16-30(25(32)22(17-18(3)4)29-26(33)34-27(7,8)9)23(24(31)28-19(5)6)21-14-12-20(11-2)13-15-21/h2,12-15,18-19,22-23H,10,16-17H2,1,3-9H3,(H,28,31)(H,29,33). The van der Waals surface area contributed by atoms with E-state index >= 15 is 0 Å². The molecule has 2 unspecified atom stereocenters. The summed E-state index contributed by atoms with van der Waals surface area (Å²) in [6, 6.07) is 5.25. The SMILES string of the molecule is C#Cc1ccc(C(C(=O)NC(C)C)N(CCC)C(=O)C(CC(C)C)NC(=O)OC(C)(C)C)cc1. The zero-order valence-corrected chi connectivity index (χ0v) is 21.9. The molecule has 0 aliphatic carbocycles. The number of carbonyl (C=O) groups excluding carboxylic acids is 3. The molecule has 0 aromatic heterocycles. The van der Waals surface area contributed by atoms with Crippen molar-refractivity contribution in [3.8, 4) is 12.3 Å². The Labute approximate surface area is 205 Å². The number of benzene rings is 1. The summed E-state index contributed by atoms with van der Waals surface area (Å²) < 4.78 is 5.39. The molecule has 0 saturated heterocycles. The highest BCUT2D eigenvalue weighted by Gasteiger charge is 2.36. The van der Waals surface area contributed by atoms with E-state index in [0.717, 1.165) is 0 Å². The fourth-order valence-corrected chi connectivity index (χ4v) is 3.55. The van der Waals surface area contributed by atoms with Crippen molar-refractivity contribution in [2.75, 3.05) is 6.54 Å². The molecule has 0 aliphatic heterocycles. The molecule has 188 valence electrons. The lowest BCUT2D eigenvalue weighted by atomic mass is 9.98. The number of nitrogens with one attached hydrogen (secondary N) is 2. The minimum Gasteiger partial charge on any atom is -0.444 e. The average Bonchev–Trinajstić information content (AvgIpc) is 2.70. The first-order valence-corrected chi connectivity index (χ1v) is 12.0. The van der Waals surface area contributed by atoms with E-state index in [-0.39, 0.29) is 23.8 Å². The topological polar surface area (TPSA) is 87.7 Å².